The Morgan fingerprint density at radius 3 is 2.94 bits per heavy atom. The molecule has 0 fully saturated rings. The quantitative estimate of drug-likeness (QED) is 0.821. The fraction of sp³-hybridized carbons (Fsp3) is 0.0909. The summed E-state index contributed by atoms with van der Waals surface area (Å²) in [5.41, 5.74) is 0.570. The summed E-state index contributed by atoms with van der Waals surface area (Å²) in [6, 6.07) is 7.39. The van der Waals surface area contributed by atoms with Crippen LogP contribution in [0.4, 0.5) is 0 Å². The molecule has 0 aliphatic carbocycles. The summed E-state index contributed by atoms with van der Waals surface area (Å²) >= 11 is 7.28. The van der Waals surface area contributed by atoms with Crippen molar-refractivity contribution in [1.29, 1.82) is 5.26 Å². The van der Waals surface area contributed by atoms with Gasteiger partial charge in [0.15, 0.2) is 5.16 Å². The highest BCUT2D eigenvalue weighted by Gasteiger charge is 2.07. The predicted molar refractivity (Wildman–Crippen MR) is 63.5 cm³/mol. The third-order valence-corrected chi connectivity index (χ3v) is 3.43. The van der Waals surface area contributed by atoms with E-state index in [0.29, 0.717) is 10.6 Å². The first-order valence-corrected chi connectivity index (χ1v) is 5.75. The highest BCUT2D eigenvalue weighted by molar-refractivity contribution is 7.99. The number of rotatable bonds is 2. The van der Waals surface area contributed by atoms with Crippen LogP contribution in [0.2, 0.25) is 5.02 Å². The van der Waals surface area contributed by atoms with Crippen molar-refractivity contribution in [2.45, 2.75) is 10.1 Å². The summed E-state index contributed by atoms with van der Waals surface area (Å²) in [5.74, 6) is 0. The zero-order chi connectivity index (χ0) is 11.5. The molecule has 0 atom stereocenters. The number of aryl methyl sites for hydroxylation is 1. The Balaban J connectivity index is 2.36. The van der Waals surface area contributed by atoms with Crippen molar-refractivity contribution < 1.29 is 0 Å². The van der Waals surface area contributed by atoms with Crippen LogP contribution < -0.4 is 0 Å². The zero-order valence-corrected chi connectivity index (χ0v) is 10.1. The van der Waals surface area contributed by atoms with E-state index in [-0.39, 0.29) is 0 Å². The van der Waals surface area contributed by atoms with Gasteiger partial charge in [-0.25, -0.2) is 4.98 Å². The first-order valence-electron chi connectivity index (χ1n) is 4.55. The van der Waals surface area contributed by atoms with Gasteiger partial charge >= 0.3 is 0 Å². The van der Waals surface area contributed by atoms with Crippen LogP contribution in [0.25, 0.3) is 0 Å². The summed E-state index contributed by atoms with van der Waals surface area (Å²) in [5, 5.41) is 10.4. The Morgan fingerprint density at radius 1 is 1.50 bits per heavy atom. The zero-order valence-electron chi connectivity index (χ0n) is 8.51. The molecule has 1 heterocycles. The molecule has 0 saturated carbocycles. The maximum Gasteiger partial charge on any atom is 0.172 e. The molecule has 0 amide bonds. The summed E-state index contributed by atoms with van der Waals surface area (Å²) in [6.45, 7) is 0. The molecule has 0 aliphatic rings. The van der Waals surface area contributed by atoms with Crippen molar-refractivity contribution in [1.82, 2.24) is 9.55 Å². The molecule has 0 N–H and O–H groups in total. The van der Waals surface area contributed by atoms with Crippen LogP contribution in [0.1, 0.15) is 5.56 Å². The van der Waals surface area contributed by atoms with Gasteiger partial charge < -0.3 is 4.57 Å². The average Bonchev–Trinajstić information content (AvgIpc) is 2.67. The van der Waals surface area contributed by atoms with E-state index in [1.807, 2.05) is 23.9 Å². The topological polar surface area (TPSA) is 41.6 Å². The number of hydrogen-bond donors (Lipinski definition) is 0. The van der Waals surface area contributed by atoms with Crippen molar-refractivity contribution in [3.63, 3.8) is 0 Å². The number of nitrogens with zero attached hydrogens (tertiary/aromatic N) is 3. The molecule has 0 bridgehead atoms. The van der Waals surface area contributed by atoms with Crippen LogP contribution in [-0.2, 0) is 7.05 Å². The SMILES string of the molecule is Cn1ccnc1Sc1ccc(Cl)cc1C#N. The van der Waals surface area contributed by atoms with Gasteiger partial charge in [-0.2, -0.15) is 5.26 Å². The Kier molecular flexibility index (Phi) is 3.18. The van der Waals surface area contributed by atoms with E-state index >= 15 is 0 Å². The molecule has 0 radical (unpaired) electrons. The highest BCUT2D eigenvalue weighted by Crippen LogP contribution is 2.30. The monoisotopic (exact) mass is 249 g/mol. The molecule has 0 aliphatic heterocycles. The summed E-state index contributed by atoms with van der Waals surface area (Å²) in [4.78, 5) is 5.05. The van der Waals surface area contributed by atoms with Gasteiger partial charge in [0.05, 0.1) is 5.56 Å². The molecule has 3 nitrogen and oxygen atoms in total. The predicted octanol–water partition coefficient (Wildman–Crippen LogP) is 3.10. The maximum atomic E-state index is 8.99. The molecule has 2 rings (SSSR count). The fourth-order valence-corrected chi connectivity index (χ4v) is 2.27. The highest BCUT2D eigenvalue weighted by atomic mass is 35.5. The van der Waals surface area contributed by atoms with E-state index < -0.39 is 0 Å². The smallest absolute Gasteiger partial charge is 0.172 e. The number of benzene rings is 1. The van der Waals surface area contributed by atoms with E-state index in [9.17, 15) is 0 Å². The van der Waals surface area contributed by atoms with Crippen molar-refractivity contribution in [2.24, 2.45) is 7.05 Å². The molecule has 80 valence electrons. The van der Waals surface area contributed by atoms with Crippen LogP contribution in [0.5, 0.6) is 0 Å². The number of halogens is 1. The lowest BCUT2D eigenvalue weighted by Gasteiger charge is -2.03. The minimum Gasteiger partial charge on any atom is -0.329 e. The molecule has 5 heteroatoms. The van der Waals surface area contributed by atoms with Gasteiger partial charge in [0.2, 0.25) is 0 Å². The van der Waals surface area contributed by atoms with Gasteiger partial charge in [0.25, 0.3) is 0 Å². The molecule has 16 heavy (non-hydrogen) atoms. The molecule has 1 aromatic carbocycles. The Hall–Kier alpha value is -1.44. The van der Waals surface area contributed by atoms with E-state index in [1.54, 1.807) is 18.3 Å². The van der Waals surface area contributed by atoms with Gasteiger partial charge in [-0.05, 0) is 18.2 Å². The standard InChI is InChI=1S/C11H8ClN3S/c1-15-5-4-14-11(15)16-10-3-2-9(12)6-8(10)7-13/h2-6H,1H3. The van der Waals surface area contributed by atoms with Crippen LogP contribution >= 0.6 is 23.4 Å². The largest absolute Gasteiger partial charge is 0.329 e. The number of hydrogen-bond acceptors (Lipinski definition) is 3. The van der Waals surface area contributed by atoms with Crippen molar-refractivity contribution in [3.8, 4) is 6.07 Å². The van der Waals surface area contributed by atoms with E-state index in [1.165, 1.54) is 11.8 Å². The van der Waals surface area contributed by atoms with E-state index in [2.05, 4.69) is 11.1 Å². The molecular weight excluding hydrogens is 242 g/mol. The molecule has 1 aromatic heterocycles. The molecule has 0 unspecified atom stereocenters. The average molecular weight is 250 g/mol. The normalized spacial score (nSPS) is 10.1. The molecule has 2 aromatic rings. The first kappa shape index (κ1) is 11.1. The number of nitriles is 1. The molecule has 0 saturated heterocycles. The maximum absolute atomic E-state index is 8.99. The minimum absolute atomic E-state index is 0.570. The van der Waals surface area contributed by atoms with Gasteiger partial charge in [0.1, 0.15) is 6.07 Å². The fourth-order valence-electron chi connectivity index (χ4n) is 1.23. The van der Waals surface area contributed by atoms with Gasteiger partial charge in [-0.3, -0.25) is 0 Å². The second kappa shape index (κ2) is 4.60. The minimum atomic E-state index is 0.570. The van der Waals surface area contributed by atoms with Crippen LogP contribution in [0.3, 0.4) is 0 Å². The third kappa shape index (κ3) is 2.21. The number of aromatic nitrogens is 2. The van der Waals surface area contributed by atoms with Gasteiger partial charge in [0, 0.05) is 29.4 Å². The third-order valence-electron chi connectivity index (χ3n) is 2.04. The Labute approximate surface area is 103 Å². The molecular formula is C11H8ClN3S. The second-order valence-electron chi connectivity index (χ2n) is 3.18. The first-order chi connectivity index (χ1) is 7.70. The Bertz CT molecular complexity index is 557. The lowest BCUT2D eigenvalue weighted by atomic mass is 10.2. The van der Waals surface area contributed by atoms with E-state index in [4.69, 9.17) is 16.9 Å². The van der Waals surface area contributed by atoms with Gasteiger partial charge in [-0.15, -0.1) is 0 Å². The van der Waals surface area contributed by atoms with Gasteiger partial charge in [-0.1, -0.05) is 23.4 Å². The van der Waals surface area contributed by atoms with Crippen molar-refractivity contribution >= 4 is 23.4 Å². The number of imidazole rings is 1. The van der Waals surface area contributed by atoms with Crippen LogP contribution in [-0.4, -0.2) is 9.55 Å². The lowest BCUT2D eigenvalue weighted by molar-refractivity contribution is 0.790. The lowest BCUT2D eigenvalue weighted by Crippen LogP contribution is -1.89. The molecule has 0 spiro atoms. The van der Waals surface area contributed by atoms with Crippen molar-refractivity contribution in [2.75, 3.05) is 0 Å². The van der Waals surface area contributed by atoms with Crippen LogP contribution in [0, 0.1) is 11.3 Å². The van der Waals surface area contributed by atoms with Crippen LogP contribution in [0.15, 0.2) is 40.6 Å². The second-order valence-corrected chi connectivity index (χ2v) is 4.62. The Morgan fingerprint density at radius 2 is 2.31 bits per heavy atom. The summed E-state index contributed by atoms with van der Waals surface area (Å²) in [6.07, 6.45) is 3.59. The van der Waals surface area contributed by atoms with E-state index in [0.717, 1.165) is 10.1 Å². The van der Waals surface area contributed by atoms with Crippen molar-refractivity contribution in [3.05, 3.63) is 41.2 Å². The summed E-state index contributed by atoms with van der Waals surface area (Å²) < 4.78 is 1.90. The summed E-state index contributed by atoms with van der Waals surface area (Å²) in [7, 11) is 1.91.